The molecule has 0 aromatic carbocycles. The van der Waals surface area contributed by atoms with Crippen LogP contribution in [0.1, 0.15) is 25.7 Å². The van der Waals surface area contributed by atoms with Crippen molar-refractivity contribution in [2.75, 3.05) is 6.54 Å². The minimum atomic E-state index is 0.104. The maximum atomic E-state index is 10.9. The van der Waals surface area contributed by atoms with Gasteiger partial charge in [-0.25, -0.2) is 0 Å². The van der Waals surface area contributed by atoms with Gasteiger partial charge in [-0.3, -0.25) is 4.79 Å². The average Bonchev–Trinajstić information content (AvgIpc) is 1.80. The second-order valence-electron chi connectivity index (χ2n) is 2.73. The molecular weight excluding hydrogens is 128 g/mol. The summed E-state index contributed by atoms with van der Waals surface area (Å²) in [6.07, 6.45) is 4.02. The largest absolute Gasteiger partial charge is 0.353 e. The second kappa shape index (κ2) is 3.56. The zero-order valence-corrected chi connectivity index (χ0v) is 6.10. The fourth-order valence-electron chi connectivity index (χ4n) is 0.984. The van der Waals surface area contributed by atoms with Crippen molar-refractivity contribution in [2.45, 2.75) is 31.7 Å². The zero-order valence-electron chi connectivity index (χ0n) is 6.10. The molecule has 0 aromatic heterocycles. The summed E-state index contributed by atoms with van der Waals surface area (Å²) in [5, 5.41) is 2.90. The number of carbonyl (C=O) groups is 1. The Labute approximate surface area is 61.0 Å². The Kier molecular flexibility index (Phi) is 2.68. The molecule has 0 unspecified atom stereocenters. The van der Waals surface area contributed by atoms with Gasteiger partial charge in [0.05, 0.1) is 0 Å². The van der Waals surface area contributed by atoms with E-state index in [-0.39, 0.29) is 5.91 Å². The number of amides is 1. The first-order chi connectivity index (χ1) is 4.83. The molecule has 3 heteroatoms. The van der Waals surface area contributed by atoms with E-state index in [9.17, 15) is 4.79 Å². The molecule has 0 aromatic rings. The van der Waals surface area contributed by atoms with Crippen LogP contribution in [0, 0.1) is 0 Å². The SMILES string of the molecule is NCCC(=O)NC1CCC1. The van der Waals surface area contributed by atoms with E-state index in [2.05, 4.69) is 5.32 Å². The molecule has 0 aliphatic heterocycles. The highest BCUT2D eigenvalue weighted by Gasteiger charge is 2.18. The summed E-state index contributed by atoms with van der Waals surface area (Å²) in [5.74, 6) is 0.104. The molecule has 10 heavy (non-hydrogen) atoms. The van der Waals surface area contributed by atoms with Crippen molar-refractivity contribution in [3.05, 3.63) is 0 Å². The molecule has 58 valence electrons. The molecule has 0 spiro atoms. The number of nitrogens with one attached hydrogen (secondary N) is 1. The van der Waals surface area contributed by atoms with Gasteiger partial charge in [0, 0.05) is 19.0 Å². The highest BCUT2D eigenvalue weighted by Crippen LogP contribution is 2.17. The van der Waals surface area contributed by atoms with Crippen LogP contribution in [-0.4, -0.2) is 18.5 Å². The number of hydrogen-bond donors (Lipinski definition) is 2. The van der Waals surface area contributed by atoms with E-state index in [0.29, 0.717) is 19.0 Å². The normalized spacial score (nSPS) is 18.1. The molecule has 0 saturated heterocycles. The lowest BCUT2D eigenvalue weighted by Crippen LogP contribution is -2.40. The number of carbonyl (C=O) groups excluding carboxylic acids is 1. The van der Waals surface area contributed by atoms with Crippen LogP contribution in [0.2, 0.25) is 0 Å². The molecule has 3 nitrogen and oxygen atoms in total. The summed E-state index contributed by atoms with van der Waals surface area (Å²) >= 11 is 0. The minimum Gasteiger partial charge on any atom is -0.353 e. The topological polar surface area (TPSA) is 55.1 Å². The van der Waals surface area contributed by atoms with E-state index in [0.717, 1.165) is 12.8 Å². The lowest BCUT2D eigenvalue weighted by Gasteiger charge is -2.26. The lowest BCUT2D eigenvalue weighted by atomic mass is 9.93. The van der Waals surface area contributed by atoms with Crippen molar-refractivity contribution in [2.24, 2.45) is 5.73 Å². The number of hydrogen-bond acceptors (Lipinski definition) is 2. The van der Waals surface area contributed by atoms with Gasteiger partial charge < -0.3 is 11.1 Å². The Morgan fingerprint density at radius 2 is 2.30 bits per heavy atom. The zero-order chi connectivity index (χ0) is 7.40. The van der Waals surface area contributed by atoms with E-state index in [4.69, 9.17) is 5.73 Å². The molecule has 1 aliphatic rings. The predicted molar refractivity (Wildman–Crippen MR) is 39.5 cm³/mol. The second-order valence-corrected chi connectivity index (χ2v) is 2.73. The third-order valence-corrected chi connectivity index (χ3v) is 1.84. The number of rotatable bonds is 3. The van der Waals surface area contributed by atoms with Crippen molar-refractivity contribution < 1.29 is 4.79 Å². The van der Waals surface area contributed by atoms with Crippen LogP contribution in [0.5, 0.6) is 0 Å². The van der Waals surface area contributed by atoms with Crippen molar-refractivity contribution in [1.29, 1.82) is 0 Å². The molecular formula is C7H14N2O. The van der Waals surface area contributed by atoms with Crippen LogP contribution >= 0.6 is 0 Å². The molecule has 1 fully saturated rings. The van der Waals surface area contributed by atoms with Gasteiger partial charge in [-0.15, -0.1) is 0 Å². The van der Waals surface area contributed by atoms with Crippen LogP contribution in [0.25, 0.3) is 0 Å². The van der Waals surface area contributed by atoms with Gasteiger partial charge in [0.2, 0.25) is 5.91 Å². The quantitative estimate of drug-likeness (QED) is 0.583. The predicted octanol–water partition coefficient (Wildman–Crippen LogP) is 0.00390. The molecule has 3 N–H and O–H groups in total. The summed E-state index contributed by atoms with van der Waals surface area (Å²) in [6, 6.07) is 0.457. The maximum absolute atomic E-state index is 10.9. The summed E-state index contributed by atoms with van der Waals surface area (Å²) < 4.78 is 0. The third kappa shape index (κ3) is 1.99. The van der Waals surface area contributed by atoms with E-state index in [1.165, 1.54) is 6.42 Å². The van der Waals surface area contributed by atoms with E-state index in [1.54, 1.807) is 0 Å². The highest BCUT2D eigenvalue weighted by molar-refractivity contribution is 5.76. The fraction of sp³-hybridized carbons (Fsp3) is 0.857. The van der Waals surface area contributed by atoms with Crippen LogP contribution in [0.4, 0.5) is 0 Å². The third-order valence-electron chi connectivity index (χ3n) is 1.84. The van der Waals surface area contributed by atoms with Crippen LogP contribution in [0.15, 0.2) is 0 Å². The first-order valence-corrected chi connectivity index (χ1v) is 3.82. The Bertz CT molecular complexity index is 121. The summed E-state index contributed by atoms with van der Waals surface area (Å²) in [5.41, 5.74) is 5.20. The Morgan fingerprint density at radius 1 is 1.60 bits per heavy atom. The molecule has 1 saturated carbocycles. The molecule has 0 heterocycles. The smallest absolute Gasteiger partial charge is 0.221 e. The van der Waals surface area contributed by atoms with E-state index < -0.39 is 0 Å². The first kappa shape index (κ1) is 7.54. The van der Waals surface area contributed by atoms with E-state index in [1.807, 2.05) is 0 Å². The van der Waals surface area contributed by atoms with Gasteiger partial charge in [0.15, 0.2) is 0 Å². The van der Waals surface area contributed by atoms with Crippen molar-refractivity contribution in [3.63, 3.8) is 0 Å². The van der Waals surface area contributed by atoms with Gasteiger partial charge in [-0.2, -0.15) is 0 Å². The van der Waals surface area contributed by atoms with Gasteiger partial charge in [0.25, 0.3) is 0 Å². The van der Waals surface area contributed by atoms with Crippen molar-refractivity contribution >= 4 is 5.91 Å². The molecule has 1 aliphatic carbocycles. The van der Waals surface area contributed by atoms with Crippen LogP contribution in [-0.2, 0) is 4.79 Å². The highest BCUT2D eigenvalue weighted by atomic mass is 16.1. The first-order valence-electron chi connectivity index (χ1n) is 3.82. The van der Waals surface area contributed by atoms with Gasteiger partial charge in [0.1, 0.15) is 0 Å². The summed E-state index contributed by atoms with van der Waals surface area (Å²) in [6.45, 7) is 0.457. The monoisotopic (exact) mass is 142 g/mol. The number of nitrogens with two attached hydrogens (primary N) is 1. The Hall–Kier alpha value is -0.570. The van der Waals surface area contributed by atoms with Crippen molar-refractivity contribution in [1.82, 2.24) is 5.32 Å². The fourth-order valence-corrected chi connectivity index (χ4v) is 0.984. The standard InChI is InChI=1S/C7H14N2O/c8-5-4-7(10)9-6-2-1-3-6/h6H,1-5,8H2,(H,9,10). The van der Waals surface area contributed by atoms with Gasteiger partial charge >= 0.3 is 0 Å². The summed E-state index contributed by atoms with van der Waals surface area (Å²) in [4.78, 5) is 10.9. The van der Waals surface area contributed by atoms with Crippen LogP contribution in [0.3, 0.4) is 0 Å². The van der Waals surface area contributed by atoms with Gasteiger partial charge in [-0.05, 0) is 19.3 Å². The molecule has 0 radical (unpaired) electrons. The maximum Gasteiger partial charge on any atom is 0.221 e. The summed E-state index contributed by atoms with van der Waals surface area (Å²) in [7, 11) is 0. The minimum absolute atomic E-state index is 0.104. The molecule has 1 amide bonds. The molecule has 0 bridgehead atoms. The van der Waals surface area contributed by atoms with E-state index >= 15 is 0 Å². The molecule has 1 rings (SSSR count). The Morgan fingerprint density at radius 3 is 2.70 bits per heavy atom. The molecule has 0 atom stereocenters. The van der Waals surface area contributed by atoms with Crippen molar-refractivity contribution in [3.8, 4) is 0 Å². The van der Waals surface area contributed by atoms with Gasteiger partial charge in [-0.1, -0.05) is 0 Å². The van der Waals surface area contributed by atoms with Crippen LogP contribution < -0.4 is 11.1 Å². The average molecular weight is 142 g/mol. The Balaban J connectivity index is 2.05. The lowest BCUT2D eigenvalue weighted by molar-refractivity contribution is -0.122.